The SMILES string of the molecule is COn1c(-c2ccc([N+](=O)[O-])cc2)nc2ccccc21. The van der Waals surface area contributed by atoms with E-state index in [1.54, 1.807) is 24.0 Å². The van der Waals surface area contributed by atoms with Crippen molar-refractivity contribution in [3.63, 3.8) is 0 Å². The number of imidazole rings is 1. The Morgan fingerprint density at radius 2 is 1.85 bits per heavy atom. The molecule has 0 atom stereocenters. The van der Waals surface area contributed by atoms with Gasteiger partial charge in [-0.1, -0.05) is 12.1 Å². The van der Waals surface area contributed by atoms with Crippen molar-refractivity contribution in [1.82, 2.24) is 9.71 Å². The number of nitro benzene ring substituents is 1. The minimum Gasteiger partial charge on any atom is -0.415 e. The van der Waals surface area contributed by atoms with Crippen LogP contribution in [-0.4, -0.2) is 21.7 Å². The Hall–Kier alpha value is -2.89. The summed E-state index contributed by atoms with van der Waals surface area (Å²) >= 11 is 0. The van der Waals surface area contributed by atoms with Crippen molar-refractivity contribution in [3.8, 4) is 11.4 Å². The van der Waals surface area contributed by atoms with Crippen LogP contribution >= 0.6 is 0 Å². The summed E-state index contributed by atoms with van der Waals surface area (Å²) < 4.78 is 1.61. The summed E-state index contributed by atoms with van der Waals surface area (Å²) in [5, 5.41) is 10.7. The highest BCUT2D eigenvalue weighted by Crippen LogP contribution is 2.25. The molecule has 0 N–H and O–H groups in total. The van der Waals surface area contributed by atoms with Crippen LogP contribution in [0.5, 0.6) is 0 Å². The molecule has 0 spiro atoms. The summed E-state index contributed by atoms with van der Waals surface area (Å²) in [4.78, 5) is 20.1. The average Bonchev–Trinajstić information content (AvgIpc) is 2.85. The molecular formula is C14H11N3O3. The van der Waals surface area contributed by atoms with Crippen LogP contribution in [0.1, 0.15) is 0 Å². The van der Waals surface area contributed by atoms with Crippen molar-refractivity contribution in [2.45, 2.75) is 0 Å². The van der Waals surface area contributed by atoms with Crippen LogP contribution in [0.2, 0.25) is 0 Å². The molecule has 0 aliphatic carbocycles. The number of hydrogen-bond donors (Lipinski definition) is 0. The number of fused-ring (bicyclic) bond motifs is 1. The van der Waals surface area contributed by atoms with Crippen LogP contribution in [0.15, 0.2) is 48.5 Å². The van der Waals surface area contributed by atoms with Crippen molar-refractivity contribution in [3.05, 3.63) is 58.6 Å². The van der Waals surface area contributed by atoms with E-state index in [2.05, 4.69) is 4.98 Å². The van der Waals surface area contributed by atoms with Crippen LogP contribution in [0.4, 0.5) is 5.69 Å². The number of rotatable bonds is 3. The molecule has 0 saturated heterocycles. The molecule has 100 valence electrons. The molecule has 20 heavy (non-hydrogen) atoms. The second kappa shape index (κ2) is 4.65. The van der Waals surface area contributed by atoms with Crippen molar-refractivity contribution in [1.29, 1.82) is 0 Å². The first-order valence-electron chi connectivity index (χ1n) is 5.97. The van der Waals surface area contributed by atoms with Crippen LogP contribution in [-0.2, 0) is 0 Å². The number of hydrogen-bond acceptors (Lipinski definition) is 4. The molecule has 2 aromatic carbocycles. The molecular weight excluding hydrogens is 258 g/mol. The third-order valence-corrected chi connectivity index (χ3v) is 3.04. The second-order valence-electron chi connectivity index (χ2n) is 4.21. The van der Waals surface area contributed by atoms with Gasteiger partial charge in [-0.2, -0.15) is 4.73 Å². The Morgan fingerprint density at radius 3 is 2.50 bits per heavy atom. The Morgan fingerprint density at radius 1 is 1.15 bits per heavy atom. The first-order valence-corrected chi connectivity index (χ1v) is 5.97. The van der Waals surface area contributed by atoms with Crippen LogP contribution in [0.3, 0.4) is 0 Å². The van der Waals surface area contributed by atoms with E-state index >= 15 is 0 Å². The molecule has 0 bridgehead atoms. The van der Waals surface area contributed by atoms with Gasteiger partial charge in [0, 0.05) is 17.7 Å². The predicted molar refractivity (Wildman–Crippen MR) is 74.3 cm³/mol. The number of non-ortho nitro benzene ring substituents is 1. The topological polar surface area (TPSA) is 70.2 Å². The van der Waals surface area contributed by atoms with Gasteiger partial charge in [-0.3, -0.25) is 10.1 Å². The van der Waals surface area contributed by atoms with Crippen molar-refractivity contribution < 1.29 is 9.76 Å². The third kappa shape index (κ3) is 1.87. The molecule has 6 nitrogen and oxygen atoms in total. The Bertz CT molecular complexity index is 778. The summed E-state index contributed by atoms with van der Waals surface area (Å²) in [5.41, 5.74) is 2.47. The predicted octanol–water partition coefficient (Wildman–Crippen LogP) is 2.67. The molecule has 6 heteroatoms. The zero-order chi connectivity index (χ0) is 14.1. The van der Waals surface area contributed by atoms with Crippen molar-refractivity contribution in [2.75, 3.05) is 7.11 Å². The zero-order valence-electron chi connectivity index (χ0n) is 10.7. The molecule has 1 aromatic heterocycles. The van der Waals surface area contributed by atoms with E-state index in [9.17, 15) is 10.1 Å². The van der Waals surface area contributed by atoms with Gasteiger partial charge in [-0.15, -0.1) is 0 Å². The monoisotopic (exact) mass is 269 g/mol. The van der Waals surface area contributed by atoms with E-state index in [1.807, 2.05) is 24.3 Å². The van der Waals surface area contributed by atoms with Gasteiger partial charge in [0.25, 0.3) is 5.69 Å². The fourth-order valence-electron chi connectivity index (χ4n) is 2.10. The maximum absolute atomic E-state index is 10.7. The Balaban J connectivity index is 2.16. The average molecular weight is 269 g/mol. The molecule has 0 amide bonds. The van der Waals surface area contributed by atoms with Crippen molar-refractivity contribution in [2.24, 2.45) is 0 Å². The van der Waals surface area contributed by atoms with E-state index in [1.165, 1.54) is 12.1 Å². The maximum Gasteiger partial charge on any atom is 0.269 e. The largest absolute Gasteiger partial charge is 0.415 e. The van der Waals surface area contributed by atoms with Gasteiger partial charge in [-0.05, 0) is 24.3 Å². The normalized spacial score (nSPS) is 10.7. The quantitative estimate of drug-likeness (QED) is 0.541. The molecule has 1 heterocycles. The number of benzene rings is 2. The van der Waals surface area contributed by atoms with Gasteiger partial charge in [0.15, 0.2) is 5.82 Å². The van der Waals surface area contributed by atoms with Gasteiger partial charge in [0.2, 0.25) is 0 Å². The first-order chi connectivity index (χ1) is 9.70. The van der Waals surface area contributed by atoms with Gasteiger partial charge in [0.05, 0.1) is 10.4 Å². The molecule has 0 radical (unpaired) electrons. The first kappa shape index (κ1) is 12.2. The summed E-state index contributed by atoms with van der Waals surface area (Å²) in [5.74, 6) is 0.614. The van der Waals surface area contributed by atoms with Crippen LogP contribution in [0.25, 0.3) is 22.4 Å². The molecule has 0 aliphatic heterocycles. The van der Waals surface area contributed by atoms with Crippen LogP contribution in [0, 0.1) is 10.1 Å². The van der Waals surface area contributed by atoms with Gasteiger partial charge in [0.1, 0.15) is 12.6 Å². The minimum atomic E-state index is -0.428. The number of para-hydroxylation sites is 2. The van der Waals surface area contributed by atoms with E-state index < -0.39 is 4.92 Å². The number of aromatic nitrogens is 2. The summed E-state index contributed by atoms with van der Waals surface area (Å²) in [7, 11) is 1.56. The summed E-state index contributed by atoms with van der Waals surface area (Å²) in [6.45, 7) is 0. The zero-order valence-corrected chi connectivity index (χ0v) is 10.7. The minimum absolute atomic E-state index is 0.0498. The number of nitrogens with zero attached hydrogens (tertiary/aromatic N) is 3. The fourth-order valence-corrected chi connectivity index (χ4v) is 2.10. The molecule has 3 rings (SSSR count). The van der Waals surface area contributed by atoms with E-state index in [0.717, 1.165) is 16.6 Å². The fraction of sp³-hybridized carbons (Fsp3) is 0.0714. The second-order valence-corrected chi connectivity index (χ2v) is 4.21. The van der Waals surface area contributed by atoms with Gasteiger partial charge in [-0.25, -0.2) is 4.98 Å². The van der Waals surface area contributed by atoms with Crippen LogP contribution < -0.4 is 4.84 Å². The lowest BCUT2D eigenvalue weighted by Gasteiger charge is -2.06. The smallest absolute Gasteiger partial charge is 0.269 e. The van der Waals surface area contributed by atoms with Gasteiger partial charge >= 0.3 is 0 Å². The lowest BCUT2D eigenvalue weighted by Crippen LogP contribution is -2.07. The Kier molecular flexibility index (Phi) is 2.83. The maximum atomic E-state index is 10.7. The summed E-state index contributed by atoms with van der Waals surface area (Å²) in [6, 6.07) is 13.8. The lowest BCUT2D eigenvalue weighted by molar-refractivity contribution is -0.384. The standard InChI is InChI=1S/C14H11N3O3/c1-20-16-13-5-3-2-4-12(13)15-14(16)10-6-8-11(9-7-10)17(18)19/h2-9H,1H3. The Labute approximate surface area is 114 Å². The summed E-state index contributed by atoms with van der Waals surface area (Å²) in [6.07, 6.45) is 0. The highest BCUT2D eigenvalue weighted by Gasteiger charge is 2.14. The molecule has 0 fully saturated rings. The molecule has 0 aliphatic rings. The molecule has 0 saturated carbocycles. The number of nitro groups is 1. The van der Waals surface area contributed by atoms with Gasteiger partial charge < -0.3 is 4.84 Å². The highest BCUT2D eigenvalue weighted by atomic mass is 16.6. The molecule has 3 aromatic rings. The molecule has 0 unspecified atom stereocenters. The van der Waals surface area contributed by atoms with E-state index in [4.69, 9.17) is 4.84 Å². The third-order valence-electron chi connectivity index (χ3n) is 3.04. The lowest BCUT2D eigenvalue weighted by atomic mass is 10.2. The van der Waals surface area contributed by atoms with E-state index in [0.29, 0.717) is 5.82 Å². The van der Waals surface area contributed by atoms with E-state index in [-0.39, 0.29) is 5.69 Å². The van der Waals surface area contributed by atoms with Crippen molar-refractivity contribution >= 4 is 16.7 Å². The highest BCUT2D eigenvalue weighted by molar-refractivity contribution is 5.80.